The molecule has 0 radical (unpaired) electrons. The van der Waals surface area contributed by atoms with Gasteiger partial charge in [-0.2, -0.15) is 0 Å². The Labute approximate surface area is 167 Å². The number of benzene rings is 2. The number of nitrogens with zero attached hydrogens (tertiary/aromatic N) is 1. The Morgan fingerprint density at radius 3 is 2.75 bits per heavy atom. The van der Waals surface area contributed by atoms with Gasteiger partial charge < -0.3 is 24.6 Å². The molecular formula is C21H20ClNO5. The molecule has 4 rings (SSSR count). The third kappa shape index (κ3) is 3.13. The number of likely N-dealkylation sites (N-methyl/N-ethyl adjacent to an activating group) is 1. The molecule has 1 saturated heterocycles. The van der Waals surface area contributed by atoms with Gasteiger partial charge in [-0.3, -0.25) is 4.79 Å². The van der Waals surface area contributed by atoms with Gasteiger partial charge in [-0.15, -0.1) is 0 Å². The minimum Gasteiger partial charge on any atom is -0.507 e. The lowest BCUT2D eigenvalue weighted by Crippen LogP contribution is -2.40. The fourth-order valence-electron chi connectivity index (χ4n) is 3.82. The lowest BCUT2D eigenvalue weighted by Gasteiger charge is -2.34. The quantitative estimate of drug-likeness (QED) is 0.609. The van der Waals surface area contributed by atoms with Crippen LogP contribution in [-0.2, 0) is 0 Å². The van der Waals surface area contributed by atoms with Gasteiger partial charge in [-0.05, 0) is 32.1 Å². The summed E-state index contributed by atoms with van der Waals surface area (Å²) >= 11 is 6.24. The maximum absolute atomic E-state index is 12.8. The van der Waals surface area contributed by atoms with Crippen molar-refractivity contribution in [1.29, 1.82) is 0 Å². The van der Waals surface area contributed by atoms with Gasteiger partial charge in [0.1, 0.15) is 28.2 Å². The van der Waals surface area contributed by atoms with Gasteiger partial charge in [0.05, 0.1) is 12.5 Å². The second-order valence-electron chi connectivity index (χ2n) is 7.12. The summed E-state index contributed by atoms with van der Waals surface area (Å²) in [6.07, 6.45) is -0.342. The van der Waals surface area contributed by atoms with E-state index >= 15 is 0 Å². The molecule has 1 aliphatic rings. The number of aliphatic hydroxyl groups is 1. The SMILES string of the molecule is [2H]c1c(O)c(C2CCN(C)CC2O)c2oc(-c3ccccc3Cl)cc(=O)c2c1O. The van der Waals surface area contributed by atoms with Crippen molar-refractivity contribution >= 4 is 22.6 Å². The molecule has 7 heteroatoms. The van der Waals surface area contributed by atoms with Gasteiger partial charge in [0, 0.05) is 35.7 Å². The Kier molecular flexibility index (Phi) is 4.47. The zero-order valence-electron chi connectivity index (χ0n) is 16.1. The molecule has 3 aromatic rings. The molecule has 3 N–H and O–H groups in total. The maximum atomic E-state index is 12.8. The van der Waals surface area contributed by atoms with E-state index in [2.05, 4.69) is 0 Å². The first kappa shape index (κ1) is 17.6. The molecule has 0 aliphatic carbocycles. The highest BCUT2D eigenvalue weighted by atomic mass is 35.5. The van der Waals surface area contributed by atoms with Gasteiger partial charge in [0.2, 0.25) is 0 Å². The van der Waals surface area contributed by atoms with E-state index in [-0.39, 0.29) is 22.3 Å². The molecule has 2 aromatic carbocycles. The number of likely N-dealkylation sites (tertiary alicyclic amines) is 1. The predicted octanol–water partition coefficient (Wildman–Crippen LogP) is 3.30. The third-order valence-corrected chi connectivity index (χ3v) is 5.55. The van der Waals surface area contributed by atoms with E-state index in [9.17, 15) is 20.1 Å². The third-order valence-electron chi connectivity index (χ3n) is 5.22. The van der Waals surface area contributed by atoms with Crippen molar-refractivity contribution in [3.8, 4) is 22.8 Å². The van der Waals surface area contributed by atoms with Crippen molar-refractivity contribution in [2.75, 3.05) is 20.1 Å². The molecule has 146 valence electrons. The number of piperidine rings is 1. The zero-order chi connectivity index (χ0) is 20.9. The van der Waals surface area contributed by atoms with E-state index in [1.54, 1.807) is 24.3 Å². The van der Waals surface area contributed by atoms with E-state index in [1.165, 1.54) is 6.07 Å². The van der Waals surface area contributed by atoms with Crippen LogP contribution in [0.5, 0.6) is 11.5 Å². The highest BCUT2D eigenvalue weighted by Gasteiger charge is 2.33. The summed E-state index contributed by atoms with van der Waals surface area (Å²) in [5.74, 6) is -1.53. The Bertz CT molecular complexity index is 1160. The van der Waals surface area contributed by atoms with Crippen LogP contribution in [0.3, 0.4) is 0 Å². The first-order chi connectivity index (χ1) is 13.8. The zero-order valence-corrected chi connectivity index (χ0v) is 15.9. The summed E-state index contributed by atoms with van der Waals surface area (Å²) in [4.78, 5) is 14.8. The smallest absolute Gasteiger partial charge is 0.197 e. The van der Waals surface area contributed by atoms with Crippen LogP contribution in [0.4, 0.5) is 0 Å². The van der Waals surface area contributed by atoms with Gasteiger partial charge >= 0.3 is 0 Å². The monoisotopic (exact) mass is 402 g/mol. The maximum Gasteiger partial charge on any atom is 0.197 e. The second kappa shape index (κ2) is 7.13. The number of hydrogen-bond donors (Lipinski definition) is 3. The Morgan fingerprint density at radius 2 is 2.04 bits per heavy atom. The largest absolute Gasteiger partial charge is 0.507 e. The molecule has 2 unspecified atom stereocenters. The molecule has 2 atom stereocenters. The van der Waals surface area contributed by atoms with Crippen LogP contribution < -0.4 is 5.43 Å². The van der Waals surface area contributed by atoms with Crippen LogP contribution in [0.25, 0.3) is 22.3 Å². The molecule has 2 heterocycles. The van der Waals surface area contributed by atoms with Crippen LogP contribution in [0.2, 0.25) is 5.02 Å². The summed E-state index contributed by atoms with van der Waals surface area (Å²) in [7, 11) is 1.87. The van der Waals surface area contributed by atoms with Gasteiger partial charge in [-0.1, -0.05) is 23.7 Å². The predicted molar refractivity (Wildman–Crippen MR) is 107 cm³/mol. The number of hydrogen-bond acceptors (Lipinski definition) is 6. The minimum absolute atomic E-state index is 0.0352. The van der Waals surface area contributed by atoms with Crippen molar-refractivity contribution in [3.63, 3.8) is 0 Å². The summed E-state index contributed by atoms with van der Waals surface area (Å²) in [5.41, 5.74) is 0.0502. The first-order valence-corrected chi connectivity index (χ1v) is 9.31. The normalized spacial score (nSPS) is 21.0. The number of aromatic hydroxyl groups is 2. The Balaban J connectivity index is 2.04. The molecule has 1 aliphatic heterocycles. The number of halogens is 1. The number of β-amino-alcohol motifs (C(OH)–C–C–N with tert-alkyl or cyclic N) is 1. The number of phenolic OH excluding ortho intramolecular Hbond substituents is 2. The Morgan fingerprint density at radius 1 is 1.29 bits per heavy atom. The second-order valence-corrected chi connectivity index (χ2v) is 7.53. The van der Waals surface area contributed by atoms with Crippen molar-refractivity contribution < 1.29 is 21.1 Å². The minimum atomic E-state index is -0.832. The summed E-state index contributed by atoms with van der Waals surface area (Å²) in [5, 5.41) is 31.8. The molecule has 0 saturated carbocycles. The average Bonchev–Trinajstić information content (AvgIpc) is 2.67. The fraction of sp³-hybridized carbons (Fsp3) is 0.286. The van der Waals surface area contributed by atoms with Gasteiger partial charge in [0.25, 0.3) is 0 Å². The van der Waals surface area contributed by atoms with Gasteiger partial charge in [-0.25, -0.2) is 0 Å². The molecule has 0 bridgehead atoms. The lowest BCUT2D eigenvalue weighted by atomic mass is 9.85. The van der Waals surface area contributed by atoms with E-state index in [0.717, 1.165) is 0 Å². The molecule has 6 nitrogen and oxygen atoms in total. The lowest BCUT2D eigenvalue weighted by molar-refractivity contribution is 0.0630. The summed E-state index contributed by atoms with van der Waals surface area (Å²) in [6, 6.07) is 7.48. The Hall–Kier alpha value is -2.54. The van der Waals surface area contributed by atoms with Crippen LogP contribution in [0.15, 0.2) is 45.6 Å². The van der Waals surface area contributed by atoms with Gasteiger partial charge in [0.15, 0.2) is 5.43 Å². The summed E-state index contributed by atoms with van der Waals surface area (Å²) < 4.78 is 14.0. The summed E-state index contributed by atoms with van der Waals surface area (Å²) in [6.45, 7) is 1.03. The molecule has 0 amide bonds. The van der Waals surface area contributed by atoms with E-state index < -0.39 is 35.0 Å². The fourth-order valence-corrected chi connectivity index (χ4v) is 4.05. The van der Waals surface area contributed by atoms with Crippen LogP contribution in [0, 0.1) is 0 Å². The molecular weight excluding hydrogens is 382 g/mol. The number of fused-ring (bicyclic) bond motifs is 1. The van der Waals surface area contributed by atoms with E-state index in [4.69, 9.17) is 17.4 Å². The van der Waals surface area contributed by atoms with Crippen molar-refractivity contribution in [1.82, 2.24) is 4.90 Å². The molecule has 1 aromatic heterocycles. The van der Waals surface area contributed by atoms with Crippen LogP contribution in [0.1, 0.15) is 19.3 Å². The topological polar surface area (TPSA) is 94.1 Å². The molecule has 28 heavy (non-hydrogen) atoms. The molecule has 0 spiro atoms. The van der Waals surface area contributed by atoms with Crippen molar-refractivity contribution in [3.05, 3.63) is 57.2 Å². The number of rotatable bonds is 2. The van der Waals surface area contributed by atoms with Crippen LogP contribution in [-0.4, -0.2) is 46.5 Å². The average molecular weight is 403 g/mol. The standard InChI is InChI=1S/C21H20ClNO5/c1-23-7-6-12(17(27)10-23)19-14(24)8-15(25)20-16(26)9-18(28-21(19)20)11-4-2-3-5-13(11)22/h2-5,8-9,12,17,24-25,27H,6-7,10H2,1H3/i8D. The van der Waals surface area contributed by atoms with E-state index in [1.807, 2.05) is 11.9 Å². The number of aliphatic hydroxyl groups excluding tert-OH is 1. The highest BCUT2D eigenvalue weighted by Crippen LogP contribution is 2.42. The molecule has 1 fully saturated rings. The van der Waals surface area contributed by atoms with Crippen molar-refractivity contribution in [2.24, 2.45) is 0 Å². The van der Waals surface area contributed by atoms with Crippen LogP contribution >= 0.6 is 11.6 Å². The van der Waals surface area contributed by atoms with Crippen molar-refractivity contribution in [2.45, 2.75) is 18.4 Å². The first-order valence-electron chi connectivity index (χ1n) is 9.43. The highest BCUT2D eigenvalue weighted by molar-refractivity contribution is 6.33. The van der Waals surface area contributed by atoms with E-state index in [0.29, 0.717) is 30.1 Å². The number of phenols is 2.